The lowest BCUT2D eigenvalue weighted by Gasteiger charge is -2.23. The number of amides is 1. The largest absolute Gasteiger partial charge is 0.303 e. The van der Waals surface area contributed by atoms with Crippen LogP contribution in [0.2, 0.25) is 0 Å². The monoisotopic (exact) mass is 304 g/mol. The number of rotatable bonds is 6. The van der Waals surface area contributed by atoms with Gasteiger partial charge in [0.1, 0.15) is 0 Å². The molecule has 0 bridgehead atoms. The molecule has 2 N–H and O–H groups in total. The van der Waals surface area contributed by atoms with Gasteiger partial charge in [-0.05, 0) is 27.4 Å². The SMILES string of the molecule is CC(/C=C/C(=O)NO)=C\[C@@H](C)C(=O)C1=CCC(N(C)C)C=C1. The van der Waals surface area contributed by atoms with Crippen molar-refractivity contribution in [3.63, 3.8) is 0 Å². The standard InChI is InChI=1S/C17H24N2O3/c1-12(5-10-16(20)18-22)11-13(2)17(21)14-6-8-15(9-7-14)19(3)4/h5-8,10-11,13,15,22H,9H2,1-4H3,(H,18,20)/b10-5+,12-11+/t13-,15?/m1/s1. The third kappa shape index (κ3) is 5.42. The zero-order chi connectivity index (χ0) is 16.7. The second kappa shape index (κ2) is 8.46. The molecule has 0 fully saturated rings. The van der Waals surface area contributed by atoms with Crippen LogP contribution in [0, 0.1) is 5.92 Å². The maximum atomic E-state index is 12.4. The predicted octanol–water partition coefficient (Wildman–Crippen LogP) is 2.02. The number of Topliss-reactive ketones (excluding diaryl/α,β-unsaturated/α-hetero) is 1. The first-order valence-corrected chi connectivity index (χ1v) is 7.24. The van der Waals surface area contributed by atoms with Gasteiger partial charge in [0.15, 0.2) is 5.78 Å². The fraction of sp³-hybridized carbons (Fsp3) is 0.412. The highest BCUT2D eigenvalue weighted by atomic mass is 16.5. The Bertz CT molecular complexity index is 542. The molecule has 5 nitrogen and oxygen atoms in total. The highest BCUT2D eigenvalue weighted by Crippen LogP contribution is 2.19. The Balaban J connectivity index is 2.68. The molecule has 0 aromatic carbocycles. The van der Waals surface area contributed by atoms with Gasteiger partial charge in [-0.25, -0.2) is 5.48 Å². The fourth-order valence-corrected chi connectivity index (χ4v) is 2.21. The Morgan fingerprint density at radius 2 is 2.09 bits per heavy atom. The average molecular weight is 304 g/mol. The zero-order valence-corrected chi connectivity index (χ0v) is 13.5. The number of carbonyl (C=O) groups excluding carboxylic acids is 2. The number of hydrogen-bond donors (Lipinski definition) is 2. The quantitative estimate of drug-likeness (QED) is 0.341. The number of likely N-dealkylation sites (N-methyl/N-ethyl adjacent to an activating group) is 1. The number of hydrogen-bond acceptors (Lipinski definition) is 4. The van der Waals surface area contributed by atoms with Crippen molar-refractivity contribution in [2.45, 2.75) is 26.3 Å². The van der Waals surface area contributed by atoms with Crippen LogP contribution >= 0.6 is 0 Å². The molecule has 2 atom stereocenters. The maximum Gasteiger partial charge on any atom is 0.267 e. The maximum absolute atomic E-state index is 12.4. The molecule has 5 heteroatoms. The van der Waals surface area contributed by atoms with Gasteiger partial charge in [-0.1, -0.05) is 42.9 Å². The van der Waals surface area contributed by atoms with Crippen molar-refractivity contribution in [3.05, 3.63) is 47.6 Å². The molecule has 1 aliphatic rings. The Kier molecular flexibility index (Phi) is 6.95. The summed E-state index contributed by atoms with van der Waals surface area (Å²) in [4.78, 5) is 25.4. The van der Waals surface area contributed by atoms with Gasteiger partial charge in [0.2, 0.25) is 0 Å². The normalized spacial score (nSPS) is 20.2. The summed E-state index contributed by atoms with van der Waals surface area (Å²) in [6, 6.07) is 0.337. The summed E-state index contributed by atoms with van der Waals surface area (Å²) >= 11 is 0. The first kappa shape index (κ1) is 18.1. The second-order valence-corrected chi connectivity index (χ2v) is 5.66. The second-order valence-electron chi connectivity index (χ2n) is 5.66. The summed E-state index contributed by atoms with van der Waals surface area (Å²) in [7, 11) is 4.03. The van der Waals surface area contributed by atoms with E-state index in [0.717, 1.165) is 17.6 Å². The lowest BCUT2D eigenvalue weighted by molar-refractivity contribution is -0.124. The molecule has 0 radical (unpaired) electrons. The predicted molar refractivity (Wildman–Crippen MR) is 86.3 cm³/mol. The number of carbonyl (C=O) groups is 2. The Morgan fingerprint density at radius 3 is 2.59 bits per heavy atom. The third-order valence-corrected chi connectivity index (χ3v) is 3.56. The van der Waals surface area contributed by atoms with E-state index in [1.807, 2.05) is 39.2 Å². The molecular weight excluding hydrogens is 280 g/mol. The van der Waals surface area contributed by atoms with Crippen LogP contribution in [0.5, 0.6) is 0 Å². The van der Waals surface area contributed by atoms with Gasteiger partial charge in [-0.3, -0.25) is 14.8 Å². The molecule has 0 saturated heterocycles. The van der Waals surface area contributed by atoms with Gasteiger partial charge < -0.3 is 4.90 Å². The van der Waals surface area contributed by atoms with Gasteiger partial charge >= 0.3 is 0 Å². The average Bonchev–Trinajstić information content (AvgIpc) is 2.51. The number of nitrogens with one attached hydrogen (secondary N) is 1. The molecule has 0 spiro atoms. The Morgan fingerprint density at radius 1 is 1.41 bits per heavy atom. The van der Waals surface area contributed by atoms with E-state index in [2.05, 4.69) is 4.90 Å². The fourth-order valence-electron chi connectivity index (χ4n) is 2.21. The minimum atomic E-state index is -0.598. The summed E-state index contributed by atoms with van der Waals surface area (Å²) in [5.74, 6) is -0.805. The van der Waals surface area contributed by atoms with Crippen molar-refractivity contribution in [1.82, 2.24) is 10.4 Å². The van der Waals surface area contributed by atoms with Crippen molar-refractivity contribution >= 4 is 11.7 Å². The van der Waals surface area contributed by atoms with Gasteiger partial charge in [-0.2, -0.15) is 0 Å². The third-order valence-electron chi connectivity index (χ3n) is 3.56. The molecule has 22 heavy (non-hydrogen) atoms. The zero-order valence-electron chi connectivity index (χ0n) is 13.5. The number of hydroxylamine groups is 1. The topological polar surface area (TPSA) is 69.6 Å². The molecule has 0 aromatic heterocycles. The van der Waals surface area contributed by atoms with Crippen LogP contribution in [0.25, 0.3) is 0 Å². The molecule has 0 aromatic rings. The van der Waals surface area contributed by atoms with E-state index in [1.165, 1.54) is 11.6 Å². The van der Waals surface area contributed by atoms with E-state index in [0.29, 0.717) is 6.04 Å². The van der Waals surface area contributed by atoms with Crippen molar-refractivity contribution in [2.24, 2.45) is 5.92 Å². The molecule has 1 unspecified atom stereocenters. The van der Waals surface area contributed by atoms with Crippen molar-refractivity contribution in [2.75, 3.05) is 14.1 Å². The van der Waals surface area contributed by atoms with Crippen LogP contribution in [-0.4, -0.2) is 41.9 Å². The van der Waals surface area contributed by atoms with Crippen LogP contribution in [-0.2, 0) is 9.59 Å². The smallest absolute Gasteiger partial charge is 0.267 e. The van der Waals surface area contributed by atoms with Crippen LogP contribution in [0.4, 0.5) is 0 Å². The van der Waals surface area contributed by atoms with Crippen LogP contribution < -0.4 is 5.48 Å². The molecule has 0 saturated carbocycles. The number of nitrogens with zero attached hydrogens (tertiary/aromatic N) is 1. The molecule has 120 valence electrons. The first-order valence-electron chi connectivity index (χ1n) is 7.24. The van der Waals surface area contributed by atoms with E-state index in [-0.39, 0.29) is 11.7 Å². The van der Waals surface area contributed by atoms with E-state index in [9.17, 15) is 9.59 Å². The van der Waals surface area contributed by atoms with Crippen molar-refractivity contribution in [1.29, 1.82) is 0 Å². The van der Waals surface area contributed by atoms with E-state index in [1.54, 1.807) is 19.1 Å². The van der Waals surface area contributed by atoms with Crippen LogP contribution in [0.1, 0.15) is 20.3 Å². The van der Waals surface area contributed by atoms with Crippen LogP contribution in [0.3, 0.4) is 0 Å². The lowest BCUT2D eigenvalue weighted by atomic mass is 9.92. The minimum Gasteiger partial charge on any atom is -0.303 e. The summed E-state index contributed by atoms with van der Waals surface area (Å²) in [6.07, 6.45) is 11.3. The number of allylic oxidation sites excluding steroid dienone is 5. The highest BCUT2D eigenvalue weighted by Gasteiger charge is 2.18. The minimum absolute atomic E-state index is 0.0628. The van der Waals surface area contributed by atoms with E-state index in [4.69, 9.17) is 5.21 Å². The molecule has 1 rings (SSSR count). The lowest BCUT2D eigenvalue weighted by Crippen LogP contribution is -2.27. The summed E-state index contributed by atoms with van der Waals surface area (Å²) in [5, 5.41) is 8.41. The summed E-state index contributed by atoms with van der Waals surface area (Å²) < 4.78 is 0. The number of ketones is 1. The Labute approximate surface area is 131 Å². The van der Waals surface area contributed by atoms with Gasteiger partial charge in [0.05, 0.1) is 0 Å². The van der Waals surface area contributed by atoms with Crippen molar-refractivity contribution in [3.8, 4) is 0 Å². The van der Waals surface area contributed by atoms with E-state index < -0.39 is 5.91 Å². The van der Waals surface area contributed by atoms with Gasteiger partial charge in [-0.15, -0.1) is 0 Å². The van der Waals surface area contributed by atoms with Gasteiger partial charge in [0.25, 0.3) is 5.91 Å². The Hall–Kier alpha value is -1.98. The first-order chi connectivity index (χ1) is 10.3. The summed E-state index contributed by atoms with van der Waals surface area (Å²) in [5.41, 5.74) is 3.04. The molecule has 1 aliphatic carbocycles. The van der Waals surface area contributed by atoms with Gasteiger partial charge in [0, 0.05) is 23.6 Å². The molecule has 0 aliphatic heterocycles. The summed E-state index contributed by atoms with van der Waals surface area (Å²) in [6.45, 7) is 3.64. The van der Waals surface area contributed by atoms with E-state index >= 15 is 0 Å². The van der Waals surface area contributed by atoms with Crippen molar-refractivity contribution < 1.29 is 14.8 Å². The van der Waals surface area contributed by atoms with Crippen LogP contribution in [0.15, 0.2) is 47.6 Å². The molecule has 0 heterocycles. The highest BCUT2D eigenvalue weighted by molar-refractivity contribution is 6.00. The molecular formula is C17H24N2O3. The molecule has 1 amide bonds.